The Kier molecular flexibility index (Phi) is 6.29. The van der Waals surface area contributed by atoms with Crippen LogP contribution in [-0.4, -0.2) is 46.5 Å². The van der Waals surface area contributed by atoms with Crippen LogP contribution in [0.15, 0.2) is 79.0 Å². The molecule has 2 aromatic heterocycles. The molecule has 0 saturated heterocycles. The predicted molar refractivity (Wildman–Crippen MR) is 147 cm³/mol. The normalized spacial score (nSPS) is 14.8. The van der Waals surface area contributed by atoms with Crippen LogP contribution in [-0.2, 0) is 22.4 Å². The lowest BCUT2D eigenvalue weighted by Gasteiger charge is -2.16. The highest BCUT2D eigenvalue weighted by Gasteiger charge is 2.40. The van der Waals surface area contributed by atoms with Crippen LogP contribution < -0.4 is 15.0 Å². The molecule has 2 N–H and O–H groups in total. The number of rotatable bonds is 9. The monoisotopic (exact) mass is 507 g/mol. The van der Waals surface area contributed by atoms with Crippen molar-refractivity contribution < 1.29 is 14.3 Å². The summed E-state index contributed by atoms with van der Waals surface area (Å²) in [6.07, 6.45) is 3.43. The lowest BCUT2D eigenvalue weighted by Crippen LogP contribution is -2.34. The molecular formula is C30H29N5O3. The van der Waals surface area contributed by atoms with Crippen LogP contribution in [0.25, 0.3) is 21.9 Å². The number of benzene rings is 3. The van der Waals surface area contributed by atoms with E-state index < -0.39 is 6.04 Å². The Morgan fingerprint density at radius 3 is 2.71 bits per heavy atom. The summed E-state index contributed by atoms with van der Waals surface area (Å²) in [7, 11) is 1.65. The maximum Gasteiger partial charge on any atom is 0.253 e. The lowest BCUT2D eigenvalue weighted by molar-refractivity contribution is -0.127. The molecule has 1 unspecified atom stereocenters. The molecule has 0 radical (unpaired) electrons. The van der Waals surface area contributed by atoms with Crippen molar-refractivity contribution in [3.63, 3.8) is 0 Å². The summed E-state index contributed by atoms with van der Waals surface area (Å²) in [5.74, 6) is 1.13. The molecule has 0 bridgehead atoms. The number of para-hydroxylation sites is 2. The number of anilines is 1. The number of H-pyrrole nitrogens is 1. The van der Waals surface area contributed by atoms with Gasteiger partial charge in [-0.1, -0.05) is 42.5 Å². The minimum absolute atomic E-state index is 0.0712. The molecule has 1 aliphatic rings. The van der Waals surface area contributed by atoms with Gasteiger partial charge in [-0.25, -0.2) is 4.98 Å². The standard InChI is InChI=1S/C30H29N5O3/c1-38-22-11-12-24-23(17-22)21(19-32-24)14-16-34-29(37)27(35-26-10-6-5-9-25(26)33-30(34)35)18-28(36)31-15-13-20-7-3-2-4-8-20/h2-12,17,19,27,32H,13-16,18H2,1H3,(H,31,36). The smallest absolute Gasteiger partial charge is 0.253 e. The Morgan fingerprint density at radius 1 is 1.05 bits per heavy atom. The summed E-state index contributed by atoms with van der Waals surface area (Å²) in [5, 5.41) is 4.06. The van der Waals surface area contributed by atoms with E-state index in [-0.39, 0.29) is 18.2 Å². The van der Waals surface area contributed by atoms with Crippen LogP contribution >= 0.6 is 0 Å². The van der Waals surface area contributed by atoms with Gasteiger partial charge in [-0.3, -0.25) is 19.1 Å². The molecule has 3 aromatic carbocycles. The minimum Gasteiger partial charge on any atom is -0.497 e. The molecule has 2 amide bonds. The van der Waals surface area contributed by atoms with Crippen LogP contribution in [0.4, 0.5) is 5.95 Å². The highest BCUT2D eigenvalue weighted by Crippen LogP contribution is 2.36. The van der Waals surface area contributed by atoms with E-state index in [0.29, 0.717) is 25.5 Å². The number of aromatic nitrogens is 3. The van der Waals surface area contributed by atoms with Crippen LogP contribution in [0.1, 0.15) is 23.6 Å². The van der Waals surface area contributed by atoms with Crippen molar-refractivity contribution in [2.24, 2.45) is 0 Å². The van der Waals surface area contributed by atoms with Crippen molar-refractivity contribution in [2.45, 2.75) is 25.3 Å². The van der Waals surface area contributed by atoms with E-state index in [2.05, 4.69) is 10.3 Å². The number of fused-ring (bicyclic) bond motifs is 4. The molecule has 0 saturated carbocycles. The van der Waals surface area contributed by atoms with E-state index in [1.807, 2.05) is 83.6 Å². The maximum atomic E-state index is 13.7. The van der Waals surface area contributed by atoms with Crippen molar-refractivity contribution in [1.29, 1.82) is 0 Å². The second kappa shape index (κ2) is 10.0. The number of carbonyl (C=O) groups excluding carboxylic acids is 2. The molecule has 192 valence electrons. The molecule has 3 heterocycles. The number of imidazole rings is 1. The van der Waals surface area contributed by atoms with Crippen LogP contribution in [0.2, 0.25) is 0 Å². The number of hydrogen-bond acceptors (Lipinski definition) is 4. The van der Waals surface area contributed by atoms with Gasteiger partial charge >= 0.3 is 0 Å². The highest BCUT2D eigenvalue weighted by molar-refractivity contribution is 6.03. The molecule has 6 rings (SSSR count). The highest BCUT2D eigenvalue weighted by atomic mass is 16.5. The lowest BCUT2D eigenvalue weighted by atomic mass is 10.1. The van der Waals surface area contributed by atoms with Gasteiger partial charge in [0.25, 0.3) is 5.91 Å². The third-order valence-electron chi connectivity index (χ3n) is 7.22. The van der Waals surface area contributed by atoms with Crippen molar-refractivity contribution in [1.82, 2.24) is 19.9 Å². The number of ether oxygens (including phenoxy) is 1. The molecule has 38 heavy (non-hydrogen) atoms. The zero-order chi connectivity index (χ0) is 26.1. The van der Waals surface area contributed by atoms with E-state index in [4.69, 9.17) is 9.72 Å². The molecular weight excluding hydrogens is 478 g/mol. The Hall–Kier alpha value is -4.59. The van der Waals surface area contributed by atoms with Gasteiger partial charge < -0.3 is 15.0 Å². The summed E-state index contributed by atoms with van der Waals surface area (Å²) >= 11 is 0. The molecule has 0 aliphatic carbocycles. The number of amides is 2. The first-order chi connectivity index (χ1) is 18.6. The van der Waals surface area contributed by atoms with Gasteiger partial charge in [0.15, 0.2) is 0 Å². The van der Waals surface area contributed by atoms with Gasteiger partial charge in [-0.15, -0.1) is 0 Å². The Balaban J connectivity index is 1.21. The zero-order valence-electron chi connectivity index (χ0n) is 21.2. The summed E-state index contributed by atoms with van der Waals surface area (Å²) in [6, 6.07) is 23.1. The molecule has 0 spiro atoms. The fourth-order valence-corrected chi connectivity index (χ4v) is 5.27. The number of nitrogens with one attached hydrogen (secondary N) is 2. The van der Waals surface area contributed by atoms with Crippen molar-refractivity contribution in [3.05, 3.63) is 90.1 Å². The van der Waals surface area contributed by atoms with Gasteiger partial charge in [0.1, 0.15) is 11.8 Å². The van der Waals surface area contributed by atoms with E-state index >= 15 is 0 Å². The van der Waals surface area contributed by atoms with Gasteiger partial charge in [-0.2, -0.15) is 0 Å². The second-order valence-corrected chi connectivity index (χ2v) is 9.54. The predicted octanol–water partition coefficient (Wildman–Crippen LogP) is 4.41. The third kappa shape index (κ3) is 4.38. The van der Waals surface area contributed by atoms with Crippen molar-refractivity contribution in [2.75, 3.05) is 25.1 Å². The van der Waals surface area contributed by atoms with Crippen molar-refractivity contribution in [3.8, 4) is 5.75 Å². The average Bonchev–Trinajstić information content (AvgIpc) is 3.60. The van der Waals surface area contributed by atoms with E-state index in [1.165, 1.54) is 0 Å². The summed E-state index contributed by atoms with van der Waals surface area (Å²) < 4.78 is 7.32. The van der Waals surface area contributed by atoms with Gasteiger partial charge in [0, 0.05) is 30.2 Å². The van der Waals surface area contributed by atoms with Gasteiger partial charge in [0.05, 0.1) is 24.6 Å². The first kappa shape index (κ1) is 23.8. The number of nitrogens with zero attached hydrogens (tertiary/aromatic N) is 3. The Labute approximate surface area is 220 Å². The minimum atomic E-state index is -0.628. The largest absolute Gasteiger partial charge is 0.497 e. The van der Waals surface area contributed by atoms with Crippen molar-refractivity contribution >= 4 is 39.7 Å². The van der Waals surface area contributed by atoms with Crippen LogP contribution in [0.3, 0.4) is 0 Å². The summed E-state index contributed by atoms with van der Waals surface area (Å²) in [6.45, 7) is 0.980. The topological polar surface area (TPSA) is 92.2 Å². The number of hydrogen-bond donors (Lipinski definition) is 2. The first-order valence-electron chi connectivity index (χ1n) is 12.9. The second-order valence-electron chi connectivity index (χ2n) is 9.54. The Bertz CT molecular complexity index is 1620. The Morgan fingerprint density at radius 2 is 1.87 bits per heavy atom. The van der Waals surface area contributed by atoms with Crippen LogP contribution in [0.5, 0.6) is 5.75 Å². The van der Waals surface area contributed by atoms with E-state index in [0.717, 1.165) is 45.2 Å². The quantitative estimate of drug-likeness (QED) is 0.309. The first-order valence-corrected chi connectivity index (χ1v) is 12.9. The van der Waals surface area contributed by atoms with Gasteiger partial charge in [-0.05, 0) is 54.3 Å². The third-order valence-corrected chi connectivity index (χ3v) is 7.22. The molecule has 8 nitrogen and oxygen atoms in total. The van der Waals surface area contributed by atoms with Gasteiger partial charge in [0.2, 0.25) is 11.9 Å². The van der Waals surface area contributed by atoms with E-state index in [1.54, 1.807) is 12.0 Å². The average molecular weight is 508 g/mol. The fraction of sp³-hybridized carbons (Fsp3) is 0.233. The van der Waals surface area contributed by atoms with Crippen LogP contribution in [0, 0.1) is 0 Å². The number of methoxy groups -OCH3 is 1. The molecule has 8 heteroatoms. The van der Waals surface area contributed by atoms with E-state index in [9.17, 15) is 9.59 Å². The molecule has 0 fully saturated rings. The summed E-state index contributed by atoms with van der Waals surface area (Å²) in [5.41, 5.74) is 4.94. The molecule has 1 aliphatic heterocycles. The number of aromatic amines is 1. The SMILES string of the molecule is COc1ccc2[nH]cc(CCN3C(=O)C(CC(=O)NCCc4ccccc4)n4c3nc3ccccc34)c2c1. The maximum absolute atomic E-state index is 13.7. The fourth-order valence-electron chi connectivity index (χ4n) is 5.27. The molecule has 1 atom stereocenters. The number of carbonyl (C=O) groups is 2. The summed E-state index contributed by atoms with van der Waals surface area (Å²) in [4.78, 5) is 36.4. The zero-order valence-corrected chi connectivity index (χ0v) is 21.2. The molecule has 5 aromatic rings.